The molecular formula is C26H20N6O3. The van der Waals surface area contributed by atoms with Crippen LogP contribution in [0.5, 0.6) is 5.75 Å². The van der Waals surface area contributed by atoms with E-state index in [1.54, 1.807) is 47.3 Å². The molecule has 4 heterocycles. The number of aryl methyl sites for hydroxylation is 2. The van der Waals surface area contributed by atoms with Gasteiger partial charge in [-0.3, -0.25) is 9.36 Å². The third-order valence-corrected chi connectivity index (χ3v) is 5.85. The van der Waals surface area contributed by atoms with Gasteiger partial charge < -0.3 is 9.15 Å². The Morgan fingerprint density at radius 2 is 1.80 bits per heavy atom. The molecule has 0 fully saturated rings. The first-order valence-corrected chi connectivity index (χ1v) is 11.1. The standard InChI is InChI=1S/C26H20N6O3/c1-34-18-10-8-17(9-11-18)12-13-31-16-27-24-22(26(31)33)23-25(30-21-7-3-2-6-20(21)29-23)32(24)28-15-19-5-4-14-35-19/h2-11,14-16H,12-13H2,1H3/b28-15-. The topological polar surface area (TPSA) is 100 Å². The number of furan rings is 1. The molecule has 0 aliphatic rings. The summed E-state index contributed by atoms with van der Waals surface area (Å²) in [4.78, 5) is 27.7. The number of para-hydroxylation sites is 2. The normalized spacial score (nSPS) is 11.8. The maximum atomic E-state index is 13.6. The minimum atomic E-state index is -0.190. The van der Waals surface area contributed by atoms with Gasteiger partial charge >= 0.3 is 0 Å². The van der Waals surface area contributed by atoms with Crippen LogP contribution in [-0.4, -0.2) is 37.5 Å². The summed E-state index contributed by atoms with van der Waals surface area (Å²) in [6, 6.07) is 18.9. The van der Waals surface area contributed by atoms with Crippen LogP contribution in [0.3, 0.4) is 0 Å². The fraction of sp³-hybridized carbons (Fsp3) is 0.115. The molecule has 0 saturated heterocycles. The van der Waals surface area contributed by atoms with Crippen LogP contribution < -0.4 is 10.3 Å². The Morgan fingerprint density at radius 1 is 1.00 bits per heavy atom. The monoisotopic (exact) mass is 464 g/mol. The van der Waals surface area contributed by atoms with Gasteiger partial charge in [0.15, 0.2) is 11.3 Å². The Bertz CT molecular complexity index is 1750. The molecule has 9 heteroatoms. The molecule has 35 heavy (non-hydrogen) atoms. The zero-order valence-corrected chi connectivity index (χ0v) is 18.8. The minimum absolute atomic E-state index is 0.190. The van der Waals surface area contributed by atoms with E-state index >= 15 is 0 Å². The van der Waals surface area contributed by atoms with E-state index in [1.165, 1.54) is 0 Å². The summed E-state index contributed by atoms with van der Waals surface area (Å²) in [5.74, 6) is 1.37. The first kappa shape index (κ1) is 20.8. The Balaban J connectivity index is 1.49. The number of fused-ring (bicyclic) bond motifs is 4. The Kier molecular flexibility index (Phi) is 5.07. The summed E-state index contributed by atoms with van der Waals surface area (Å²) in [5, 5.41) is 4.91. The number of ether oxygens (including phenoxy) is 1. The summed E-state index contributed by atoms with van der Waals surface area (Å²) < 4.78 is 13.7. The lowest BCUT2D eigenvalue weighted by Gasteiger charge is -2.06. The van der Waals surface area contributed by atoms with Crippen LogP contribution in [0.4, 0.5) is 0 Å². The van der Waals surface area contributed by atoms with Crippen molar-refractivity contribution >= 4 is 39.4 Å². The average molecular weight is 464 g/mol. The Morgan fingerprint density at radius 3 is 2.54 bits per heavy atom. The van der Waals surface area contributed by atoms with E-state index in [0.29, 0.717) is 52.0 Å². The van der Waals surface area contributed by atoms with Crippen molar-refractivity contribution in [3.63, 3.8) is 0 Å². The third kappa shape index (κ3) is 3.72. The number of hydrogen-bond donors (Lipinski definition) is 0. The molecule has 0 atom stereocenters. The molecule has 6 aromatic rings. The molecule has 0 radical (unpaired) electrons. The van der Waals surface area contributed by atoms with E-state index in [0.717, 1.165) is 11.3 Å². The van der Waals surface area contributed by atoms with Crippen molar-refractivity contribution in [2.24, 2.45) is 5.10 Å². The molecule has 0 saturated carbocycles. The lowest BCUT2D eigenvalue weighted by atomic mass is 10.1. The zero-order valence-electron chi connectivity index (χ0n) is 18.8. The summed E-state index contributed by atoms with van der Waals surface area (Å²) in [6.07, 6.45) is 5.35. The van der Waals surface area contributed by atoms with Crippen molar-refractivity contribution in [3.05, 3.63) is 94.9 Å². The molecule has 0 N–H and O–H groups in total. The minimum Gasteiger partial charge on any atom is -0.497 e. The number of rotatable bonds is 6. The van der Waals surface area contributed by atoms with Crippen molar-refractivity contribution in [1.29, 1.82) is 0 Å². The average Bonchev–Trinajstić information content (AvgIpc) is 3.52. The quantitative estimate of drug-likeness (QED) is 0.345. The van der Waals surface area contributed by atoms with Gasteiger partial charge in [0, 0.05) is 6.54 Å². The number of benzene rings is 2. The maximum absolute atomic E-state index is 13.6. The predicted molar refractivity (Wildman–Crippen MR) is 133 cm³/mol. The highest BCUT2D eigenvalue weighted by molar-refractivity contribution is 6.04. The van der Waals surface area contributed by atoms with E-state index in [9.17, 15) is 4.79 Å². The van der Waals surface area contributed by atoms with Gasteiger partial charge in [0.05, 0.1) is 36.9 Å². The second kappa shape index (κ2) is 8.53. The SMILES string of the molecule is COc1ccc(CCn2cnc3c(c2=O)c2nc4ccccc4nc2n3/N=C\c2ccco2)cc1. The lowest BCUT2D eigenvalue weighted by molar-refractivity contribution is 0.414. The molecule has 0 aliphatic heterocycles. The molecule has 2 aromatic carbocycles. The van der Waals surface area contributed by atoms with Crippen LogP contribution in [0.15, 0.2) is 87.6 Å². The van der Waals surface area contributed by atoms with E-state index in [-0.39, 0.29) is 5.56 Å². The van der Waals surface area contributed by atoms with Crippen molar-refractivity contribution in [3.8, 4) is 5.75 Å². The van der Waals surface area contributed by atoms with Crippen molar-refractivity contribution in [2.45, 2.75) is 13.0 Å². The molecule has 172 valence electrons. The second-order valence-corrected chi connectivity index (χ2v) is 8.00. The van der Waals surface area contributed by atoms with Gasteiger partial charge in [0.25, 0.3) is 5.56 Å². The van der Waals surface area contributed by atoms with Gasteiger partial charge in [-0.1, -0.05) is 24.3 Å². The third-order valence-electron chi connectivity index (χ3n) is 5.85. The molecule has 9 nitrogen and oxygen atoms in total. The number of hydrogen-bond acceptors (Lipinski definition) is 7. The van der Waals surface area contributed by atoms with Gasteiger partial charge in [-0.05, 0) is 48.4 Å². The van der Waals surface area contributed by atoms with Crippen molar-refractivity contribution in [1.82, 2.24) is 24.2 Å². The largest absolute Gasteiger partial charge is 0.497 e. The molecule has 0 amide bonds. The van der Waals surface area contributed by atoms with Gasteiger partial charge in [-0.25, -0.2) is 15.0 Å². The highest BCUT2D eigenvalue weighted by atomic mass is 16.5. The second-order valence-electron chi connectivity index (χ2n) is 8.00. The van der Waals surface area contributed by atoms with Crippen molar-refractivity contribution in [2.75, 3.05) is 7.11 Å². The Labute approximate surface area is 198 Å². The highest BCUT2D eigenvalue weighted by Gasteiger charge is 2.19. The fourth-order valence-corrected chi connectivity index (χ4v) is 4.04. The van der Waals surface area contributed by atoms with Gasteiger partial charge in [-0.15, -0.1) is 0 Å². The molecule has 6 rings (SSSR count). The first-order chi connectivity index (χ1) is 17.2. The predicted octanol–water partition coefficient (Wildman–Crippen LogP) is 4.02. The van der Waals surface area contributed by atoms with Gasteiger partial charge in [0.1, 0.15) is 22.4 Å². The zero-order chi connectivity index (χ0) is 23.8. The van der Waals surface area contributed by atoms with Crippen LogP contribution in [-0.2, 0) is 13.0 Å². The summed E-state index contributed by atoms with van der Waals surface area (Å²) >= 11 is 0. The molecule has 0 unspecified atom stereocenters. The van der Waals surface area contributed by atoms with Crippen LogP contribution in [0.2, 0.25) is 0 Å². The first-order valence-electron chi connectivity index (χ1n) is 11.1. The molecule has 0 bridgehead atoms. The van der Waals surface area contributed by atoms with E-state index in [1.807, 2.05) is 48.5 Å². The smallest absolute Gasteiger partial charge is 0.265 e. The number of aromatic nitrogens is 5. The molecule has 0 aliphatic carbocycles. The number of nitrogens with zero attached hydrogens (tertiary/aromatic N) is 6. The maximum Gasteiger partial charge on any atom is 0.265 e. The van der Waals surface area contributed by atoms with Gasteiger partial charge in [0.2, 0.25) is 0 Å². The van der Waals surface area contributed by atoms with Gasteiger partial charge in [-0.2, -0.15) is 9.78 Å². The van der Waals surface area contributed by atoms with E-state index in [4.69, 9.17) is 19.1 Å². The fourth-order valence-electron chi connectivity index (χ4n) is 4.04. The van der Waals surface area contributed by atoms with E-state index in [2.05, 4.69) is 10.1 Å². The van der Waals surface area contributed by atoms with Crippen LogP contribution in [0.25, 0.3) is 33.2 Å². The van der Waals surface area contributed by atoms with Crippen molar-refractivity contribution < 1.29 is 9.15 Å². The number of methoxy groups -OCH3 is 1. The van der Waals surface area contributed by atoms with Crippen LogP contribution in [0.1, 0.15) is 11.3 Å². The summed E-state index contributed by atoms with van der Waals surface area (Å²) in [6.45, 7) is 0.470. The van der Waals surface area contributed by atoms with Crippen LogP contribution in [0, 0.1) is 0 Å². The van der Waals surface area contributed by atoms with E-state index < -0.39 is 0 Å². The lowest BCUT2D eigenvalue weighted by Crippen LogP contribution is -2.21. The summed E-state index contributed by atoms with van der Waals surface area (Å²) in [7, 11) is 1.64. The summed E-state index contributed by atoms with van der Waals surface area (Å²) in [5.41, 5.74) is 3.62. The molecule has 0 spiro atoms. The molecule has 4 aromatic heterocycles. The molecular weight excluding hydrogens is 444 g/mol. The Hall–Kier alpha value is -4.79. The highest BCUT2D eigenvalue weighted by Crippen LogP contribution is 2.25. The van der Waals surface area contributed by atoms with Crippen LogP contribution >= 0.6 is 0 Å².